The van der Waals surface area contributed by atoms with Crippen LogP contribution in [0.15, 0.2) is 36.6 Å². The number of hydrogen-bond donors (Lipinski definition) is 0. The van der Waals surface area contributed by atoms with E-state index in [-0.39, 0.29) is 6.10 Å². The molecule has 0 spiro atoms. The van der Waals surface area contributed by atoms with Crippen LogP contribution >= 0.6 is 0 Å². The normalized spacial score (nSPS) is 21.7. The van der Waals surface area contributed by atoms with Crippen LogP contribution in [-0.2, 0) is 9.47 Å². The Balaban J connectivity index is 1.95. The van der Waals surface area contributed by atoms with E-state index >= 15 is 0 Å². The smallest absolute Gasteiger partial charge is 0.123 e. The van der Waals surface area contributed by atoms with Crippen molar-refractivity contribution < 1.29 is 9.47 Å². The van der Waals surface area contributed by atoms with Gasteiger partial charge < -0.3 is 9.47 Å². The molecular weight excluding hydrogens is 188 g/mol. The molecule has 15 heavy (non-hydrogen) atoms. The minimum absolute atomic E-state index is 0.240. The molecule has 1 saturated heterocycles. The Morgan fingerprint density at radius 3 is 2.87 bits per heavy atom. The van der Waals surface area contributed by atoms with Crippen LogP contribution in [0.2, 0.25) is 0 Å². The zero-order valence-electron chi connectivity index (χ0n) is 8.98. The molecule has 1 aliphatic heterocycles. The second-order valence-corrected chi connectivity index (χ2v) is 3.79. The van der Waals surface area contributed by atoms with Crippen LogP contribution in [0.1, 0.15) is 18.9 Å². The van der Waals surface area contributed by atoms with Crippen LogP contribution in [-0.4, -0.2) is 19.3 Å². The monoisotopic (exact) mass is 204 g/mol. The molecule has 0 aliphatic carbocycles. The summed E-state index contributed by atoms with van der Waals surface area (Å²) in [7, 11) is 0. The lowest BCUT2D eigenvalue weighted by atomic mass is 10.1. The van der Waals surface area contributed by atoms with Gasteiger partial charge in [0.1, 0.15) is 6.10 Å². The van der Waals surface area contributed by atoms with Gasteiger partial charge >= 0.3 is 0 Å². The average Bonchev–Trinajstić information content (AvgIpc) is 2.80. The maximum Gasteiger partial charge on any atom is 0.123 e. The van der Waals surface area contributed by atoms with Crippen molar-refractivity contribution in [3.63, 3.8) is 0 Å². The average molecular weight is 204 g/mol. The first-order valence-corrected chi connectivity index (χ1v) is 5.31. The van der Waals surface area contributed by atoms with Gasteiger partial charge in [-0.2, -0.15) is 0 Å². The maximum absolute atomic E-state index is 5.63. The van der Waals surface area contributed by atoms with Crippen LogP contribution in [0.25, 0.3) is 5.57 Å². The van der Waals surface area contributed by atoms with Crippen molar-refractivity contribution in [2.24, 2.45) is 0 Å². The molecule has 0 bridgehead atoms. The van der Waals surface area contributed by atoms with E-state index in [0.29, 0.717) is 0 Å². The Labute approximate surface area is 90.5 Å². The predicted octanol–water partition coefficient (Wildman–Crippen LogP) is 2.85. The largest absolute Gasteiger partial charge is 0.495 e. The van der Waals surface area contributed by atoms with Gasteiger partial charge in [-0.3, -0.25) is 0 Å². The minimum atomic E-state index is 0.240. The molecule has 0 saturated carbocycles. The van der Waals surface area contributed by atoms with Crippen LogP contribution in [0.5, 0.6) is 0 Å². The number of benzene rings is 1. The third-order valence-corrected chi connectivity index (χ3v) is 2.55. The first-order chi connectivity index (χ1) is 7.36. The fourth-order valence-electron chi connectivity index (χ4n) is 1.59. The van der Waals surface area contributed by atoms with Crippen molar-refractivity contribution in [3.05, 3.63) is 42.2 Å². The Bertz CT molecular complexity index is 324. The van der Waals surface area contributed by atoms with E-state index in [1.165, 1.54) is 5.56 Å². The molecule has 1 unspecified atom stereocenters. The third kappa shape index (κ3) is 2.83. The molecule has 2 nitrogen and oxygen atoms in total. The molecule has 1 aliphatic rings. The second kappa shape index (κ2) is 4.99. The summed E-state index contributed by atoms with van der Waals surface area (Å²) < 4.78 is 10.9. The van der Waals surface area contributed by atoms with Gasteiger partial charge in [-0.1, -0.05) is 30.3 Å². The van der Waals surface area contributed by atoms with Gasteiger partial charge in [0.25, 0.3) is 0 Å². The van der Waals surface area contributed by atoms with Crippen LogP contribution < -0.4 is 0 Å². The highest BCUT2D eigenvalue weighted by molar-refractivity contribution is 5.62. The zero-order valence-corrected chi connectivity index (χ0v) is 8.98. The third-order valence-electron chi connectivity index (χ3n) is 2.55. The molecular formula is C13H16O2. The first kappa shape index (κ1) is 10.2. The van der Waals surface area contributed by atoms with Crippen molar-refractivity contribution in [3.8, 4) is 0 Å². The predicted molar refractivity (Wildman–Crippen MR) is 60.4 cm³/mol. The molecule has 1 aromatic carbocycles. The molecule has 0 aromatic heterocycles. The van der Waals surface area contributed by atoms with Crippen molar-refractivity contribution in [1.29, 1.82) is 0 Å². The van der Waals surface area contributed by atoms with Crippen molar-refractivity contribution in [2.75, 3.05) is 13.2 Å². The summed E-state index contributed by atoms with van der Waals surface area (Å²) in [5.41, 5.74) is 2.36. The molecule has 0 N–H and O–H groups in total. The number of rotatable bonds is 3. The molecule has 1 heterocycles. The van der Waals surface area contributed by atoms with E-state index in [9.17, 15) is 0 Å². The highest BCUT2D eigenvalue weighted by Gasteiger charge is 2.15. The Hall–Kier alpha value is -1.28. The summed E-state index contributed by atoms with van der Waals surface area (Å²) in [6.45, 7) is 3.60. The number of allylic oxidation sites excluding steroid dienone is 1. The quantitative estimate of drug-likeness (QED) is 0.705. The Kier molecular flexibility index (Phi) is 3.41. The van der Waals surface area contributed by atoms with E-state index in [1.54, 1.807) is 0 Å². The van der Waals surface area contributed by atoms with Gasteiger partial charge in [0.15, 0.2) is 0 Å². The molecule has 0 amide bonds. The molecule has 2 heteroatoms. The Morgan fingerprint density at radius 2 is 2.20 bits per heavy atom. The summed E-state index contributed by atoms with van der Waals surface area (Å²) in [6.07, 6.45) is 3.08. The summed E-state index contributed by atoms with van der Waals surface area (Å²) in [5, 5.41) is 0. The zero-order chi connectivity index (χ0) is 10.5. The fraction of sp³-hybridized carbons (Fsp3) is 0.385. The lowest BCUT2D eigenvalue weighted by Gasteiger charge is -2.08. The van der Waals surface area contributed by atoms with Crippen molar-refractivity contribution in [1.82, 2.24) is 0 Å². The van der Waals surface area contributed by atoms with E-state index in [1.807, 2.05) is 24.5 Å². The fourth-order valence-corrected chi connectivity index (χ4v) is 1.59. The summed E-state index contributed by atoms with van der Waals surface area (Å²) in [5.74, 6) is 0. The van der Waals surface area contributed by atoms with Gasteiger partial charge in [0.2, 0.25) is 0 Å². The first-order valence-electron chi connectivity index (χ1n) is 5.31. The van der Waals surface area contributed by atoms with E-state index in [2.05, 4.69) is 19.1 Å². The van der Waals surface area contributed by atoms with E-state index in [4.69, 9.17) is 9.47 Å². The van der Waals surface area contributed by atoms with E-state index in [0.717, 1.165) is 25.2 Å². The Morgan fingerprint density at radius 1 is 1.40 bits per heavy atom. The summed E-state index contributed by atoms with van der Waals surface area (Å²) in [6, 6.07) is 10.2. The molecule has 1 fully saturated rings. The van der Waals surface area contributed by atoms with Crippen molar-refractivity contribution >= 4 is 5.57 Å². The van der Waals surface area contributed by atoms with Gasteiger partial charge in [0, 0.05) is 6.42 Å². The summed E-state index contributed by atoms with van der Waals surface area (Å²) >= 11 is 0. The standard InChI is InChI=1S/C13H16O2/c1-11(12-5-3-2-4-6-12)9-15-13-7-8-14-10-13/h2-6,9,13H,7-8,10H2,1H3/b11-9-. The molecule has 0 radical (unpaired) electrons. The van der Waals surface area contributed by atoms with E-state index < -0.39 is 0 Å². The summed E-state index contributed by atoms with van der Waals surface area (Å²) in [4.78, 5) is 0. The van der Waals surface area contributed by atoms with Gasteiger partial charge in [-0.05, 0) is 18.1 Å². The van der Waals surface area contributed by atoms with Crippen LogP contribution in [0.4, 0.5) is 0 Å². The SMILES string of the molecule is C/C(=C/OC1CCOC1)c1ccccc1. The highest BCUT2D eigenvalue weighted by Crippen LogP contribution is 2.15. The molecule has 1 atom stereocenters. The highest BCUT2D eigenvalue weighted by atomic mass is 16.5. The van der Waals surface area contributed by atoms with Gasteiger partial charge in [-0.15, -0.1) is 0 Å². The lowest BCUT2D eigenvalue weighted by Crippen LogP contribution is -2.08. The van der Waals surface area contributed by atoms with Gasteiger partial charge in [0.05, 0.1) is 19.5 Å². The number of ether oxygens (including phenoxy) is 2. The van der Waals surface area contributed by atoms with Crippen molar-refractivity contribution in [2.45, 2.75) is 19.4 Å². The van der Waals surface area contributed by atoms with Crippen LogP contribution in [0, 0.1) is 0 Å². The second-order valence-electron chi connectivity index (χ2n) is 3.79. The van der Waals surface area contributed by atoms with Crippen LogP contribution in [0.3, 0.4) is 0 Å². The minimum Gasteiger partial charge on any atom is -0.495 e. The lowest BCUT2D eigenvalue weighted by molar-refractivity contribution is 0.111. The number of hydrogen-bond acceptors (Lipinski definition) is 2. The topological polar surface area (TPSA) is 18.5 Å². The molecule has 1 aromatic rings. The maximum atomic E-state index is 5.63. The molecule has 2 rings (SSSR count). The van der Waals surface area contributed by atoms with Gasteiger partial charge in [-0.25, -0.2) is 0 Å². The molecule has 80 valence electrons.